The molecule has 1 aromatic heterocycles. The van der Waals surface area contributed by atoms with Crippen LogP contribution >= 0.6 is 0 Å². The third kappa shape index (κ3) is 4.95. The van der Waals surface area contributed by atoms with Crippen molar-refractivity contribution in [2.24, 2.45) is 4.99 Å². The molecule has 0 bridgehead atoms. The molecule has 0 N–H and O–H groups in total. The molecule has 1 atom stereocenters. The monoisotopic (exact) mass is 576 g/mol. The minimum Gasteiger partial charge on any atom is -0.256 e. The number of benzene rings is 6. The standard InChI is InChI=1S/C43H32N2/c1-28-37-11-5-6-13-39(37)41-27-44-43(26-40(41)29(2)45-42-14-8-7-12-38(28)42)34-22-19-32(20-23-34)31-15-17-33(18-16-31)36-24-21-30-9-3-4-10-35(30)25-36/h3-28H,1-2H3. The molecule has 2 heterocycles. The fraction of sp³-hybridized carbons (Fsp3) is 0.0698. The van der Waals surface area contributed by atoms with E-state index in [0.717, 1.165) is 33.8 Å². The topological polar surface area (TPSA) is 25.2 Å². The van der Waals surface area contributed by atoms with E-state index in [1.54, 1.807) is 0 Å². The quantitative estimate of drug-likeness (QED) is 0.205. The van der Waals surface area contributed by atoms with Crippen LogP contribution in [0.5, 0.6) is 0 Å². The molecule has 0 amide bonds. The zero-order valence-corrected chi connectivity index (χ0v) is 25.4. The molecule has 1 aliphatic rings. The summed E-state index contributed by atoms with van der Waals surface area (Å²) in [6, 6.07) is 52.2. The summed E-state index contributed by atoms with van der Waals surface area (Å²) in [6.45, 7) is 4.39. The van der Waals surface area contributed by atoms with Crippen LogP contribution in [0.15, 0.2) is 157 Å². The number of hydrogen-bond donors (Lipinski definition) is 0. The lowest BCUT2D eigenvalue weighted by Gasteiger charge is -2.18. The average Bonchev–Trinajstić information content (AvgIpc) is 3.14. The van der Waals surface area contributed by atoms with Crippen LogP contribution in [0.1, 0.15) is 36.5 Å². The van der Waals surface area contributed by atoms with Crippen LogP contribution in [-0.4, -0.2) is 10.7 Å². The van der Waals surface area contributed by atoms with Gasteiger partial charge in [-0.3, -0.25) is 9.98 Å². The van der Waals surface area contributed by atoms with Gasteiger partial charge in [0.2, 0.25) is 0 Å². The predicted octanol–water partition coefficient (Wildman–Crippen LogP) is 11.5. The van der Waals surface area contributed by atoms with Crippen LogP contribution in [0, 0.1) is 0 Å². The Kier molecular flexibility index (Phi) is 6.69. The lowest BCUT2D eigenvalue weighted by molar-refractivity contribution is 0.925. The summed E-state index contributed by atoms with van der Waals surface area (Å²) >= 11 is 0. The minimum absolute atomic E-state index is 0.216. The molecule has 0 saturated carbocycles. The van der Waals surface area contributed by atoms with Crippen molar-refractivity contribution in [1.82, 2.24) is 4.98 Å². The molecule has 0 aliphatic carbocycles. The molecule has 2 heteroatoms. The Morgan fingerprint density at radius 3 is 1.80 bits per heavy atom. The van der Waals surface area contributed by atoms with Crippen LogP contribution in [0.4, 0.5) is 5.69 Å². The molecule has 7 aromatic rings. The zero-order valence-electron chi connectivity index (χ0n) is 25.4. The lowest BCUT2D eigenvalue weighted by atomic mass is 9.86. The molecular formula is C43H32N2. The van der Waals surface area contributed by atoms with E-state index in [0.29, 0.717) is 0 Å². The highest BCUT2D eigenvalue weighted by Crippen LogP contribution is 2.40. The molecule has 45 heavy (non-hydrogen) atoms. The average molecular weight is 577 g/mol. The number of rotatable bonds is 3. The first-order valence-electron chi connectivity index (χ1n) is 15.6. The molecule has 1 aliphatic heterocycles. The highest BCUT2D eigenvalue weighted by atomic mass is 14.8. The summed E-state index contributed by atoms with van der Waals surface area (Å²) < 4.78 is 0. The maximum absolute atomic E-state index is 5.16. The van der Waals surface area contributed by atoms with Crippen LogP contribution in [0.25, 0.3) is 55.4 Å². The number of para-hydroxylation sites is 1. The first-order chi connectivity index (χ1) is 22.1. The molecule has 1 unspecified atom stereocenters. The second-order valence-corrected chi connectivity index (χ2v) is 11.9. The molecule has 8 rings (SSSR count). The number of pyridine rings is 1. The molecule has 0 spiro atoms. The van der Waals surface area contributed by atoms with Crippen molar-refractivity contribution in [3.8, 4) is 44.6 Å². The van der Waals surface area contributed by atoms with Crippen molar-refractivity contribution < 1.29 is 0 Å². The highest BCUT2D eigenvalue weighted by molar-refractivity contribution is 6.07. The minimum atomic E-state index is 0.216. The smallest absolute Gasteiger partial charge is 0.0709 e. The van der Waals surface area contributed by atoms with Gasteiger partial charge in [-0.05, 0) is 74.8 Å². The highest BCUT2D eigenvalue weighted by Gasteiger charge is 2.22. The maximum Gasteiger partial charge on any atom is 0.0709 e. The van der Waals surface area contributed by atoms with Gasteiger partial charge in [-0.15, -0.1) is 0 Å². The SMILES string of the molecule is CC1=Nc2ccccc2C(C)c2ccccc2-c2cnc(-c3ccc(-c4ccc(-c5ccc6ccccc6c5)cc4)cc3)cc21. The van der Waals surface area contributed by atoms with Crippen LogP contribution in [-0.2, 0) is 0 Å². The molecule has 6 aromatic carbocycles. The van der Waals surface area contributed by atoms with Gasteiger partial charge < -0.3 is 0 Å². The van der Waals surface area contributed by atoms with Crippen LogP contribution in [0.3, 0.4) is 0 Å². The second kappa shape index (κ2) is 11.2. The molecular weight excluding hydrogens is 544 g/mol. The molecule has 2 nitrogen and oxygen atoms in total. The van der Waals surface area contributed by atoms with E-state index in [1.165, 1.54) is 49.7 Å². The van der Waals surface area contributed by atoms with E-state index in [1.807, 2.05) is 6.20 Å². The summed E-state index contributed by atoms with van der Waals surface area (Å²) in [5.41, 5.74) is 14.9. The Morgan fingerprint density at radius 1 is 0.467 bits per heavy atom. The third-order valence-electron chi connectivity index (χ3n) is 9.18. The fourth-order valence-electron chi connectivity index (χ4n) is 6.67. The summed E-state index contributed by atoms with van der Waals surface area (Å²) in [5.74, 6) is 0.216. The Bertz CT molecular complexity index is 2220. The molecule has 0 radical (unpaired) electrons. The predicted molar refractivity (Wildman–Crippen MR) is 189 cm³/mol. The molecule has 214 valence electrons. The summed E-state index contributed by atoms with van der Waals surface area (Å²) in [4.78, 5) is 10.1. The van der Waals surface area contributed by atoms with Gasteiger partial charge in [0.05, 0.1) is 11.4 Å². The Morgan fingerprint density at radius 2 is 1.04 bits per heavy atom. The van der Waals surface area contributed by atoms with Gasteiger partial charge in [-0.1, -0.05) is 134 Å². The van der Waals surface area contributed by atoms with E-state index >= 15 is 0 Å². The van der Waals surface area contributed by atoms with Crippen LogP contribution < -0.4 is 0 Å². The summed E-state index contributed by atoms with van der Waals surface area (Å²) in [7, 11) is 0. The Hall–Kier alpha value is -5.60. The van der Waals surface area contributed by atoms with Crippen molar-refractivity contribution in [3.05, 3.63) is 168 Å². The van der Waals surface area contributed by atoms with Crippen molar-refractivity contribution in [1.29, 1.82) is 0 Å². The van der Waals surface area contributed by atoms with Gasteiger partial charge in [-0.25, -0.2) is 0 Å². The molecule has 0 fully saturated rings. The van der Waals surface area contributed by atoms with Gasteiger partial charge in [-0.2, -0.15) is 0 Å². The van der Waals surface area contributed by atoms with Crippen LogP contribution in [0.2, 0.25) is 0 Å². The number of nitrogens with zero attached hydrogens (tertiary/aromatic N) is 2. The van der Waals surface area contributed by atoms with E-state index in [-0.39, 0.29) is 5.92 Å². The molecule has 0 saturated heterocycles. The van der Waals surface area contributed by atoms with Crippen molar-refractivity contribution in [3.63, 3.8) is 0 Å². The van der Waals surface area contributed by atoms with Crippen molar-refractivity contribution in [2.75, 3.05) is 0 Å². The van der Waals surface area contributed by atoms with Crippen molar-refractivity contribution in [2.45, 2.75) is 19.8 Å². The first kappa shape index (κ1) is 27.0. The summed E-state index contributed by atoms with van der Waals surface area (Å²) in [5, 5.41) is 2.53. The number of aliphatic imine (C=N–C) groups is 1. The van der Waals surface area contributed by atoms with Gasteiger partial charge in [0.25, 0.3) is 0 Å². The van der Waals surface area contributed by atoms with Gasteiger partial charge in [0.1, 0.15) is 0 Å². The maximum atomic E-state index is 5.16. The van der Waals surface area contributed by atoms with E-state index < -0.39 is 0 Å². The van der Waals surface area contributed by atoms with Crippen molar-refractivity contribution >= 4 is 22.2 Å². The first-order valence-corrected chi connectivity index (χ1v) is 15.6. The lowest BCUT2D eigenvalue weighted by Crippen LogP contribution is -2.02. The Balaban J connectivity index is 1.13. The van der Waals surface area contributed by atoms with Gasteiger partial charge in [0.15, 0.2) is 0 Å². The normalized spacial score (nSPS) is 13.9. The zero-order chi connectivity index (χ0) is 30.3. The fourth-order valence-corrected chi connectivity index (χ4v) is 6.67. The summed E-state index contributed by atoms with van der Waals surface area (Å²) in [6.07, 6.45) is 2.03. The largest absolute Gasteiger partial charge is 0.256 e. The van der Waals surface area contributed by atoms with E-state index in [9.17, 15) is 0 Å². The van der Waals surface area contributed by atoms with Gasteiger partial charge >= 0.3 is 0 Å². The number of aromatic nitrogens is 1. The second-order valence-electron chi connectivity index (χ2n) is 11.9. The number of hydrogen-bond acceptors (Lipinski definition) is 2. The number of fused-ring (bicyclic) bond motifs is 5. The van der Waals surface area contributed by atoms with E-state index in [2.05, 4.69) is 159 Å². The third-order valence-corrected chi connectivity index (χ3v) is 9.18. The Labute approximate surface area is 264 Å². The van der Waals surface area contributed by atoms with Gasteiger partial charge in [0, 0.05) is 34.5 Å². The van der Waals surface area contributed by atoms with E-state index in [4.69, 9.17) is 9.98 Å².